The Bertz CT molecular complexity index is 595. The first kappa shape index (κ1) is 23.6. The normalized spacial score (nSPS) is 18.9. The maximum Gasteiger partial charge on any atom is 0.222 e. The molecule has 1 aliphatic rings. The zero-order chi connectivity index (χ0) is 19.1. The minimum absolute atomic E-state index is 0. The quantitative estimate of drug-likeness (QED) is 0.689. The van der Waals surface area contributed by atoms with Gasteiger partial charge in [-0.2, -0.15) is 0 Å². The predicted octanol–water partition coefficient (Wildman–Crippen LogP) is 3.67. The largest absolute Gasteiger partial charge is 0.493 e. The number of carbonyl (C=O) groups excluding carboxylic acids is 1. The van der Waals surface area contributed by atoms with E-state index in [-0.39, 0.29) is 24.4 Å². The molecule has 0 heterocycles. The first-order valence-corrected chi connectivity index (χ1v) is 9.68. The van der Waals surface area contributed by atoms with Crippen LogP contribution in [0.15, 0.2) is 18.2 Å². The van der Waals surface area contributed by atoms with Crippen LogP contribution in [0.2, 0.25) is 0 Å². The lowest BCUT2D eigenvalue weighted by molar-refractivity contribution is -0.132. The highest BCUT2D eigenvalue weighted by Gasteiger charge is 2.28. The summed E-state index contributed by atoms with van der Waals surface area (Å²) in [5.74, 6) is 2.48. The summed E-state index contributed by atoms with van der Waals surface area (Å²) in [6.07, 6.45) is 4.66. The van der Waals surface area contributed by atoms with Crippen molar-refractivity contribution >= 4 is 18.3 Å². The highest BCUT2D eigenvalue weighted by molar-refractivity contribution is 5.85. The van der Waals surface area contributed by atoms with Crippen molar-refractivity contribution in [1.82, 2.24) is 4.90 Å². The molecule has 27 heavy (non-hydrogen) atoms. The van der Waals surface area contributed by atoms with E-state index in [0.717, 1.165) is 49.3 Å². The topological polar surface area (TPSA) is 64.8 Å². The van der Waals surface area contributed by atoms with Crippen LogP contribution in [0.4, 0.5) is 0 Å². The lowest BCUT2D eigenvalue weighted by Crippen LogP contribution is -2.38. The van der Waals surface area contributed by atoms with Crippen LogP contribution < -0.4 is 15.2 Å². The predicted molar refractivity (Wildman–Crippen MR) is 112 cm³/mol. The van der Waals surface area contributed by atoms with E-state index in [1.807, 2.05) is 23.1 Å². The average Bonchev–Trinajstić information content (AvgIpc) is 3.02. The molecule has 0 aromatic heterocycles. The fourth-order valence-corrected chi connectivity index (χ4v) is 3.73. The molecule has 2 N–H and O–H groups in total. The Morgan fingerprint density at radius 1 is 1.22 bits per heavy atom. The van der Waals surface area contributed by atoms with Crippen LogP contribution in [0.25, 0.3) is 0 Å². The third kappa shape index (κ3) is 6.89. The third-order valence-corrected chi connectivity index (χ3v) is 5.21. The zero-order valence-corrected chi connectivity index (χ0v) is 17.9. The molecule has 1 saturated carbocycles. The van der Waals surface area contributed by atoms with E-state index in [1.165, 1.54) is 0 Å². The van der Waals surface area contributed by atoms with Gasteiger partial charge in [0.05, 0.1) is 14.2 Å². The van der Waals surface area contributed by atoms with Gasteiger partial charge in [-0.15, -0.1) is 12.4 Å². The van der Waals surface area contributed by atoms with Crippen molar-refractivity contribution < 1.29 is 14.3 Å². The summed E-state index contributed by atoms with van der Waals surface area (Å²) in [5, 5.41) is 0. The molecule has 0 unspecified atom stereocenters. The molecule has 0 aliphatic heterocycles. The zero-order valence-electron chi connectivity index (χ0n) is 17.1. The lowest BCUT2D eigenvalue weighted by atomic mass is 9.99. The monoisotopic (exact) mass is 398 g/mol. The maximum atomic E-state index is 12.9. The number of halogens is 1. The molecule has 1 aromatic rings. The molecular weight excluding hydrogens is 364 g/mol. The van der Waals surface area contributed by atoms with Crippen LogP contribution in [0.3, 0.4) is 0 Å². The van der Waals surface area contributed by atoms with Crippen LogP contribution in [0.1, 0.15) is 45.1 Å². The van der Waals surface area contributed by atoms with E-state index in [0.29, 0.717) is 24.8 Å². The van der Waals surface area contributed by atoms with E-state index < -0.39 is 0 Å². The number of benzene rings is 1. The molecule has 1 aromatic carbocycles. The van der Waals surface area contributed by atoms with E-state index in [9.17, 15) is 4.79 Å². The Kier molecular flexibility index (Phi) is 9.95. The van der Waals surface area contributed by atoms with Gasteiger partial charge in [0.15, 0.2) is 11.5 Å². The average molecular weight is 399 g/mol. The number of ether oxygens (including phenoxy) is 2. The molecule has 0 radical (unpaired) electrons. The highest BCUT2D eigenvalue weighted by atomic mass is 35.5. The molecule has 154 valence electrons. The summed E-state index contributed by atoms with van der Waals surface area (Å²) in [6.45, 7) is 5.80. The number of carbonyl (C=O) groups is 1. The first-order chi connectivity index (χ1) is 12.4. The van der Waals surface area contributed by atoms with Crippen molar-refractivity contribution in [3.05, 3.63) is 23.8 Å². The molecule has 2 atom stereocenters. The van der Waals surface area contributed by atoms with E-state index >= 15 is 0 Å². The van der Waals surface area contributed by atoms with E-state index in [1.54, 1.807) is 14.2 Å². The molecule has 1 amide bonds. The first-order valence-electron chi connectivity index (χ1n) is 9.68. The van der Waals surface area contributed by atoms with E-state index in [2.05, 4.69) is 13.8 Å². The van der Waals surface area contributed by atoms with Gasteiger partial charge < -0.3 is 20.1 Å². The van der Waals surface area contributed by atoms with Gasteiger partial charge in [-0.05, 0) is 48.8 Å². The van der Waals surface area contributed by atoms with Gasteiger partial charge in [0.25, 0.3) is 0 Å². The van der Waals surface area contributed by atoms with Gasteiger partial charge in [-0.1, -0.05) is 26.3 Å². The smallest absolute Gasteiger partial charge is 0.222 e. The van der Waals surface area contributed by atoms with Crippen LogP contribution in [-0.4, -0.2) is 44.2 Å². The molecule has 6 heteroatoms. The summed E-state index contributed by atoms with van der Waals surface area (Å²) >= 11 is 0. The Morgan fingerprint density at radius 2 is 1.93 bits per heavy atom. The van der Waals surface area contributed by atoms with Crippen molar-refractivity contribution in [2.75, 3.05) is 27.3 Å². The molecule has 2 rings (SSSR count). The van der Waals surface area contributed by atoms with Gasteiger partial charge in [0, 0.05) is 25.6 Å². The minimum atomic E-state index is 0. The number of hydrogen-bond donors (Lipinski definition) is 1. The second-order valence-electron chi connectivity index (χ2n) is 7.73. The third-order valence-electron chi connectivity index (χ3n) is 5.21. The number of nitrogens with zero attached hydrogens (tertiary/aromatic N) is 1. The van der Waals surface area contributed by atoms with Crippen molar-refractivity contribution in [3.8, 4) is 11.5 Å². The van der Waals surface area contributed by atoms with Crippen molar-refractivity contribution in [2.45, 2.75) is 52.0 Å². The molecule has 0 saturated heterocycles. The molecule has 1 fully saturated rings. The number of hydrogen-bond acceptors (Lipinski definition) is 4. The summed E-state index contributed by atoms with van der Waals surface area (Å²) in [7, 11) is 3.27. The van der Waals surface area contributed by atoms with Crippen LogP contribution in [-0.2, 0) is 11.2 Å². The number of methoxy groups -OCH3 is 2. The second-order valence-corrected chi connectivity index (χ2v) is 7.73. The van der Waals surface area contributed by atoms with Gasteiger partial charge in [-0.3, -0.25) is 4.79 Å². The number of amides is 1. The molecule has 1 aliphatic carbocycles. The Labute approximate surface area is 170 Å². The SMILES string of the molecule is COc1ccc(CCN(CC(C)C)C(=O)C[C@@H]2CCC[C@H]2N)cc1OC.Cl. The maximum absolute atomic E-state index is 12.9. The van der Waals surface area contributed by atoms with Crippen molar-refractivity contribution in [1.29, 1.82) is 0 Å². The minimum Gasteiger partial charge on any atom is -0.493 e. The fraction of sp³-hybridized carbons (Fsp3) is 0.667. The molecular formula is C21H35ClN2O3. The molecule has 0 spiro atoms. The molecule has 0 bridgehead atoms. The summed E-state index contributed by atoms with van der Waals surface area (Å²) in [4.78, 5) is 14.9. The number of rotatable bonds is 9. The Balaban J connectivity index is 0.00000364. The lowest BCUT2D eigenvalue weighted by Gasteiger charge is -2.27. The highest BCUT2D eigenvalue weighted by Crippen LogP contribution is 2.29. The van der Waals surface area contributed by atoms with Crippen LogP contribution >= 0.6 is 12.4 Å². The van der Waals surface area contributed by atoms with Crippen molar-refractivity contribution in [3.63, 3.8) is 0 Å². The molecule has 5 nitrogen and oxygen atoms in total. The summed E-state index contributed by atoms with van der Waals surface area (Å²) < 4.78 is 10.7. The van der Waals surface area contributed by atoms with Gasteiger partial charge in [0.2, 0.25) is 5.91 Å². The van der Waals surface area contributed by atoms with Gasteiger partial charge in [0.1, 0.15) is 0 Å². The summed E-state index contributed by atoms with van der Waals surface area (Å²) in [6, 6.07) is 6.13. The summed E-state index contributed by atoms with van der Waals surface area (Å²) in [5.41, 5.74) is 7.30. The van der Waals surface area contributed by atoms with Gasteiger partial charge >= 0.3 is 0 Å². The van der Waals surface area contributed by atoms with Gasteiger partial charge in [-0.25, -0.2) is 0 Å². The number of nitrogens with two attached hydrogens (primary N) is 1. The fourth-order valence-electron chi connectivity index (χ4n) is 3.73. The van der Waals surface area contributed by atoms with Crippen molar-refractivity contribution in [2.24, 2.45) is 17.6 Å². The van der Waals surface area contributed by atoms with E-state index in [4.69, 9.17) is 15.2 Å². The Hall–Kier alpha value is -1.46. The van der Waals surface area contributed by atoms with Crippen LogP contribution in [0, 0.1) is 11.8 Å². The Morgan fingerprint density at radius 3 is 2.48 bits per heavy atom. The standard InChI is InChI=1S/C21H34N2O3.ClH/c1-15(2)14-23(21(24)13-17-6-5-7-18(17)22)11-10-16-8-9-19(25-3)20(12-16)26-4;/h8-9,12,15,17-18H,5-7,10-11,13-14,22H2,1-4H3;1H/t17-,18+;/m0./s1. The second kappa shape index (κ2) is 11.4. The van der Waals surface area contributed by atoms with Crippen LogP contribution in [0.5, 0.6) is 11.5 Å².